The van der Waals surface area contributed by atoms with Crippen LogP contribution >= 0.6 is 11.3 Å². The number of nitrogens with zero attached hydrogens (tertiary/aromatic N) is 2. The van der Waals surface area contributed by atoms with Gasteiger partial charge in [-0.2, -0.15) is 0 Å². The number of hydrogen-bond acceptors (Lipinski definition) is 8. The summed E-state index contributed by atoms with van der Waals surface area (Å²) in [6.45, 7) is 8.43. The van der Waals surface area contributed by atoms with Gasteiger partial charge >= 0.3 is 12.1 Å². The largest absolute Gasteiger partial charge is 0.491 e. The summed E-state index contributed by atoms with van der Waals surface area (Å²) in [4.78, 5) is 31.1. The van der Waals surface area contributed by atoms with Crippen molar-refractivity contribution in [3.63, 3.8) is 0 Å². The number of ether oxygens (including phenoxy) is 4. The molecule has 0 aliphatic carbocycles. The van der Waals surface area contributed by atoms with E-state index in [4.69, 9.17) is 18.9 Å². The molecule has 1 aromatic heterocycles. The number of aryl methyl sites for hydroxylation is 1. The number of morpholine rings is 1. The summed E-state index contributed by atoms with van der Waals surface area (Å²) in [6, 6.07) is 2.79. The highest BCUT2D eigenvalue weighted by molar-refractivity contribution is 7.14. The van der Waals surface area contributed by atoms with Crippen LogP contribution in [0, 0.1) is 12.7 Å². The predicted molar refractivity (Wildman–Crippen MR) is 117 cm³/mol. The zero-order valence-corrected chi connectivity index (χ0v) is 19.6. The zero-order chi connectivity index (χ0) is 23.5. The maximum Gasteiger partial charge on any atom is 0.410 e. The number of carbonyl (C=O) groups is 2. The Bertz CT molecular complexity index is 987. The van der Waals surface area contributed by atoms with E-state index in [1.807, 2.05) is 6.92 Å². The first-order valence-electron chi connectivity index (χ1n) is 10.1. The highest BCUT2D eigenvalue weighted by Crippen LogP contribution is 2.33. The fourth-order valence-corrected chi connectivity index (χ4v) is 3.85. The Hall–Kier alpha value is -2.72. The molecule has 0 bridgehead atoms. The second-order valence-corrected chi connectivity index (χ2v) is 9.56. The van der Waals surface area contributed by atoms with E-state index in [0.29, 0.717) is 24.7 Å². The SMILES string of the molecule is COC(=O)c1cc(OC[C@H]2CN(C(=O)OC(C)(C)C)CCO2)cc(-c2ncc(C)s2)c1F. The van der Waals surface area contributed by atoms with E-state index >= 15 is 0 Å². The van der Waals surface area contributed by atoms with Crippen LogP contribution in [0.5, 0.6) is 5.75 Å². The molecule has 1 atom stereocenters. The van der Waals surface area contributed by atoms with Gasteiger partial charge in [0, 0.05) is 17.6 Å². The van der Waals surface area contributed by atoms with Crippen molar-refractivity contribution in [2.75, 3.05) is 33.4 Å². The Morgan fingerprint density at radius 1 is 1.34 bits per heavy atom. The van der Waals surface area contributed by atoms with Gasteiger partial charge in [-0.3, -0.25) is 0 Å². The smallest absolute Gasteiger partial charge is 0.410 e. The minimum absolute atomic E-state index is 0.0991. The molecule has 32 heavy (non-hydrogen) atoms. The van der Waals surface area contributed by atoms with Gasteiger partial charge < -0.3 is 23.8 Å². The number of thiazole rings is 1. The van der Waals surface area contributed by atoms with E-state index in [1.165, 1.54) is 30.6 Å². The van der Waals surface area contributed by atoms with Gasteiger partial charge in [0.2, 0.25) is 0 Å². The van der Waals surface area contributed by atoms with Crippen LogP contribution in [-0.2, 0) is 14.2 Å². The van der Waals surface area contributed by atoms with E-state index in [1.54, 1.807) is 31.9 Å². The number of amides is 1. The molecular weight excluding hydrogens is 439 g/mol. The van der Waals surface area contributed by atoms with Gasteiger partial charge in [-0.15, -0.1) is 11.3 Å². The summed E-state index contributed by atoms with van der Waals surface area (Å²) in [6.07, 6.45) is 0.807. The number of carbonyl (C=O) groups excluding carboxylic acids is 2. The third-order valence-electron chi connectivity index (χ3n) is 4.53. The Morgan fingerprint density at radius 3 is 2.72 bits per heavy atom. The third kappa shape index (κ3) is 5.95. The Labute approximate surface area is 190 Å². The Morgan fingerprint density at radius 2 is 2.09 bits per heavy atom. The number of benzene rings is 1. The molecule has 2 heterocycles. The predicted octanol–water partition coefficient (Wildman–Crippen LogP) is 4.06. The van der Waals surface area contributed by atoms with Crippen molar-refractivity contribution in [1.29, 1.82) is 0 Å². The van der Waals surface area contributed by atoms with Gasteiger partial charge in [0.25, 0.3) is 0 Å². The highest BCUT2D eigenvalue weighted by atomic mass is 32.1. The average molecular weight is 467 g/mol. The minimum atomic E-state index is -0.813. The normalized spacial score (nSPS) is 16.6. The third-order valence-corrected chi connectivity index (χ3v) is 5.48. The fraction of sp³-hybridized carbons (Fsp3) is 0.500. The number of rotatable bonds is 5. The van der Waals surface area contributed by atoms with Crippen molar-refractivity contribution >= 4 is 23.4 Å². The molecule has 0 spiro atoms. The zero-order valence-electron chi connectivity index (χ0n) is 18.8. The van der Waals surface area contributed by atoms with Crippen LogP contribution in [0.3, 0.4) is 0 Å². The van der Waals surface area contributed by atoms with Crippen LogP contribution in [0.25, 0.3) is 10.6 Å². The summed E-state index contributed by atoms with van der Waals surface area (Å²) >= 11 is 1.30. The van der Waals surface area contributed by atoms with Crippen molar-refractivity contribution in [3.05, 3.63) is 34.6 Å². The van der Waals surface area contributed by atoms with Crippen molar-refractivity contribution in [2.45, 2.75) is 39.4 Å². The molecule has 1 aliphatic heterocycles. The molecule has 0 radical (unpaired) electrons. The number of aromatic nitrogens is 1. The van der Waals surface area contributed by atoms with Crippen molar-refractivity contribution in [1.82, 2.24) is 9.88 Å². The summed E-state index contributed by atoms with van der Waals surface area (Å²) in [5.41, 5.74) is -0.682. The minimum Gasteiger partial charge on any atom is -0.491 e. The van der Waals surface area contributed by atoms with Crippen molar-refractivity contribution in [3.8, 4) is 16.3 Å². The first kappa shape index (κ1) is 23.9. The number of halogens is 1. The lowest BCUT2D eigenvalue weighted by Crippen LogP contribution is -2.49. The summed E-state index contributed by atoms with van der Waals surface area (Å²) in [5.74, 6) is -1.26. The molecule has 1 fully saturated rings. The van der Waals surface area contributed by atoms with Crippen LogP contribution < -0.4 is 4.74 Å². The van der Waals surface area contributed by atoms with Crippen LogP contribution in [0.15, 0.2) is 18.3 Å². The van der Waals surface area contributed by atoms with Gasteiger partial charge in [-0.05, 0) is 39.8 Å². The van der Waals surface area contributed by atoms with E-state index in [9.17, 15) is 14.0 Å². The topological polar surface area (TPSA) is 87.2 Å². The summed E-state index contributed by atoms with van der Waals surface area (Å²) in [5, 5.41) is 0.431. The van der Waals surface area contributed by atoms with E-state index in [2.05, 4.69) is 4.98 Å². The molecule has 10 heteroatoms. The van der Waals surface area contributed by atoms with E-state index in [0.717, 1.165) is 4.88 Å². The van der Waals surface area contributed by atoms with Gasteiger partial charge in [-0.1, -0.05) is 0 Å². The molecule has 1 saturated heterocycles. The molecule has 0 unspecified atom stereocenters. The van der Waals surface area contributed by atoms with Crippen LogP contribution in [0.2, 0.25) is 0 Å². The maximum atomic E-state index is 15.0. The second-order valence-electron chi connectivity index (χ2n) is 8.33. The van der Waals surface area contributed by atoms with Crippen LogP contribution in [-0.4, -0.2) is 67.1 Å². The lowest BCUT2D eigenvalue weighted by atomic mass is 10.1. The van der Waals surface area contributed by atoms with E-state index < -0.39 is 29.6 Å². The summed E-state index contributed by atoms with van der Waals surface area (Å²) in [7, 11) is 1.18. The van der Waals surface area contributed by atoms with Gasteiger partial charge in [0.15, 0.2) is 0 Å². The first-order chi connectivity index (χ1) is 15.1. The average Bonchev–Trinajstić information content (AvgIpc) is 3.17. The molecule has 1 aromatic carbocycles. The molecule has 174 valence electrons. The van der Waals surface area contributed by atoms with Crippen LogP contribution in [0.4, 0.5) is 9.18 Å². The standard InChI is InChI=1S/C22H27FN2O6S/c1-13-10-24-19(32-13)16-8-14(9-17(18(16)23)20(26)28-5)30-12-15-11-25(6-7-29-15)21(27)31-22(2,3)4/h8-10,15H,6-7,11-12H2,1-5H3/t15-/m1/s1. The fourth-order valence-electron chi connectivity index (χ4n) is 3.08. The summed E-state index contributed by atoms with van der Waals surface area (Å²) < 4.78 is 36.6. The molecule has 1 aliphatic rings. The number of hydrogen-bond donors (Lipinski definition) is 0. The van der Waals surface area contributed by atoms with Crippen molar-refractivity contribution in [2.24, 2.45) is 0 Å². The lowest BCUT2D eigenvalue weighted by Gasteiger charge is -2.34. The molecule has 8 nitrogen and oxygen atoms in total. The molecule has 2 aromatic rings. The molecular formula is C22H27FN2O6S. The highest BCUT2D eigenvalue weighted by Gasteiger charge is 2.29. The molecule has 0 N–H and O–H groups in total. The van der Waals surface area contributed by atoms with Gasteiger partial charge in [-0.25, -0.2) is 19.0 Å². The van der Waals surface area contributed by atoms with Crippen LogP contribution in [0.1, 0.15) is 36.0 Å². The molecule has 3 rings (SSSR count). The number of esters is 1. The number of methoxy groups -OCH3 is 1. The molecule has 1 amide bonds. The van der Waals surface area contributed by atoms with Crippen molar-refractivity contribution < 1.29 is 32.9 Å². The lowest BCUT2D eigenvalue weighted by molar-refractivity contribution is -0.0557. The first-order valence-corrected chi connectivity index (χ1v) is 11.0. The molecule has 0 saturated carbocycles. The quantitative estimate of drug-likeness (QED) is 0.614. The monoisotopic (exact) mass is 466 g/mol. The Balaban J connectivity index is 1.75. The Kier molecular flexibility index (Phi) is 7.35. The van der Waals surface area contributed by atoms with Gasteiger partial charge in [0.05, 0.1) is 31.4 Å². The maximum absolute atomic E-state index is 15.0. The van der Waals surface area contributed by atoms with Gasteiger partial charge in [0.1, 0.15) is 34.9 Å². The van der Waals surface area contributed by atoms with E-state index in [-0.39, 0.29) is 23.5 Å². The second kappa shape index (κ2) is 9.83.